The van der Waals surface area contributed by atoms with Crippen molar-refractivity contribution in [1.82, 2.24) is 4.98 Å². The maximum absolute atomic E-state index is 12.7. The van der Waals surface area contributed by atoms with Crippen LogP contribution in [0.3, 0.4) is 0 Å². The quantitative estimate of drug-likeness (QED) is 0.831. The first-order valence-corrected chi connectivity index (χ1v) is 4.10. The van der Waals surface area contributed by atoms with Gasteiger partial charge in [-0.3, -0.25) is 4.79 Å². The Hall–Kier alpha value is -1.72. The molecule has 0 unspecified atom stereocenters. The summed E-state index contributed by atoms with van der Waals surface area (Å²) in [4.78, 5) is 14.4. The fraction of sp³-hybridized carbons (Fsp3) is 0.333. The molecule has 1 heterocycles. The molecule has 0 aliphatic rings. The number of nitrogens with zero attached hydrogens (tertiary/aromatic N) is 1. The minimum Gasteiger partial charge on any atom is -0.495 e. The zero-order chi connectivity index (χ0) is 11.6. The monoisotopic (exact) mass is 216 g/mol. The number of hydrogen-bond donors (Lipinski definition) is 1. The molecule has 0 radical (unpaired) electrons. The Bertz CT molecular complexity index is 394. The summed E-state index contributed by atoms with van der Waals surface area (Å²) in [6, 6.07) is 0. The Labute approximate surface area is 85.1 Å². The van der Waals surface area contributed by atoms with Crippen LogP contribution in [0.4, 0.5) is 8.78 Å². The molecular weight excluding hydrogens is 206 g/mol. The van der Waals surface area contributed by atoms with E-state index < -0.39 is 23.6 Å². The molecule has 0 spiro atoms. The third kappa shape index (κ3) is 2.03. The second-order valence-electron chi connectivity index (χ2n) is 2.88. The minimum atomic E-state index is -2.81. The number of pyridine rings is 1. The molecule has 0 aliphatic carbocycles. The zero-order valence-corrected chi connectivity index (χ0v) is 8.25. The second-order valence-corrected chi connectivity index (χ2v) is 2.88. The molecule has 82 valence electrons. The smallest absolute Gasteiger partial charge is 0.267 e. The van der Waals surface area contributed by atoms with Crippen LogP contribution in [0.5, 0.6) is 5.75 Å². The van der Waals surface area contributed by atoms with E-state index in [1.807, 2.05) is 0 Å². The van der Waals surface area contributed by atoms with E-state index in [1.165, 1.54) is 20.2 Å². The lowest BCUT2D eigenvalue weighted by molar-refractivity contribution is 0.0979. The fourth-order valence-corrected chi connectivity index (χ4v) is 1.27. The van der Waals surface area contributed by atoms with Gasteiger partial charge in [0.25, 0.3) is 12.3 Å². The second kappa shape index (κ2) is 4.20. The van der Waals surface area contributed by atoms with E-state index in [2.05, 4.69) is 4.98 Å². The molecular formula is C9H10F2N2O2. The Morgan fingerprint density at radius 2 is 2.20 bits per heavy atom. The zero-order valence-electron chi connectivity index (χ0n) is 8.25. The molecule has 0 saturated carbocycles. The van der Waals surface area contributed by atoms with Crippen LogP contribution in [0.25, 0.3) is 0 Å². The summed E-state index contributed by atoms with van der Waals surface area (Å²) >= 11 is 0. The minimum absolute atomic E-state index is 0.177. The highest BCUT2D eigenvalue weighted by atomic mass is 19.3. The molecule has 0 aromatic carbocycles. The summed E-state index contributed by atoms with van der Waals surface area (Å²) in [6.45, 7) is 1.43. The van der Waals surface area contributed by atoms with E-state index >= 15 is 0 Å². The van der Waals surface area contributed by atoms with Gasteiger partial charge in [0, 0.05) is 5.56 Å². The number of hydrogen-bond acceptors (Lipinski definition) is 3. The molecule has 0 fully saturated rings. The number of amides is 1. The van der Waals surface area contributed by atoms with Gasteiger partial charge >= 0.3 is 0 Å². The number of nitrogens with two attached hydrogens (primary N) is 1. The van der Waals surface area contributed by atoms with Crippen molar-refractivity contribution in [2.75, 3.05) is 7.11 Å². The number of methoxy groups -OCH3 is 1. The number of primary amides is 1. The Balaban J connectivity index is 3.44. The summed E-state index contributed by atoms with van der Waals surface area (Å²) in [6.07, 6.45) is -1.61. The molecule has 1 aromatic rings. The Kier molecular flexibility index (Phi) is 3.18. The normalized spacial score (nSPS) is 10.5. The number of alkyl halides is 2. The first kappa shape index (κ1) is 11.4. The third-order valence-corrected chi connectivity index (χ3v) is 2.01. The number of halogens is 2. The lowest BCUT2D eigenvalue weighted by Crippen LogP contribution is -2.17. The van der Waals surface area contributed by atoms with Crippen LogP contribution >= 0.6 is 0 Å². The summed E-state index contributed by atoms with van der Waals surface area (Å²) in [5, 5.41) is 0. The summed E-state index contributed by atoms with van der Waals surface area (Å²) in [5.41, 5.74) is 4.23. The van der Waals surface area contributed by atoms with Gasteiger partial charge in [0.1, 0.15) is 11.4 Å². The number of carbonyl (C=O) groups is 1. The van der Waals surface area contributed by atoms with E-state index in [4.69, 9.17) is 10.5 Å². The first-order valence-electron chi connectivity index (χ1n) is 4.10. The van der Waals surface area contributed by atoms with Crippen LogP contribution < -0.4 is 10.5 Å². The molecule has 0 saturated heterocycles. The number of ether oxygens (including phenoxy) is 1. The van der Waals surface area contributed by atoms with Crippen molar-refractivity contribution in [2.45, 2.75) is 13.3 Å². The maximum Gasteiger partial charge on any atom is 0.267 e. The lowest BCUT2D eigenvalue weighted by Gasteiger charge is -2.11. The average Bonchev–Trinajstić information content (AvgIpc) is 2.16. The highest BCUT2D eigenvalue weighted by molar-refractivity contribution is 5.92. The van der Waals surface area contributed by atoms with Crippen LogP contribution in [-0.4, -0.2) is 18.0 Å². The van der Waals surface area contributed by atoms with Crippen molar-refractivity contribution in [3.63, 3.8) is 0 Å². The summed E-state index contributed by atoms with van der Waals surface area (Å²) in [7, 11) is 1.34. The highest BCUT2D eigenvalue weighted by Gasteiger charge is 2.22. The predicted octanol–water partition coefficient (Wildman–Crippen LogP) is 1.44. The van der Waals surface area contributed by atoms with Gasteiger partial charge in [-0.25, -0.2) is 13.8 Å². The van der Waals surface area contributed by atoms with E-state index in [9.17, 15) is 13.6 Å². The van der Waals surface area contributed by atoms with Gasteiger partial charge in [-0.15, -0.1) is 0 Å². The van der Waals surface area contributed by atoms with E-state index in [-0.39, 0.29) is 11.3 Å². The third-order valence-electron chi connectivity index (χ3n) is 2.01. The molecule has 4 nitrogen and oxygen atoms in total. The number of aromatic nitrogens is 1. The average molecular weight is 216 g/mol. The highest BCUT2D eigenvalue weighted by Crippen LogP contribution is 2.30. The van der Waals surface area contributed by atoms with Crippen molar-refractivity contribution in [1.29, 1.82) is 0 Å². The van der Waals surface area contributed by atoms with Crippen molar-refractivity contribution in [2.24, 2.45) is 5.73 Å². The van der Waals surface area contributed by atoms with Crippen LogP contribution in [-0.2, 0) is 0 Å². The topological polar surface area (TPSA) is 65.2 Å². The van der Waals surface area contributed by atoms with Gasteiger partial charge in [-0.1, -0.05) is 0 Å². The van der Waals surface area contributed by atoms with E-state index in [1.54, 1.807) is 0 Å². The maximum atomic E-state index is 12.7. The molecule has 2 N–H and O–H groups in total. The van der Waals surface area contributed by atoms with Crippen molar-refractivity contribution in [3.05, 3.63) is 23.0 Å². The molecule has 0 aliphatic heterocycles. The first-order chi connectivity index (χ1) is 6.99. The summed E-state index contributed by atoms with van der Waals surface area (Å²) < 4.78 is 30.1. The molecule has 1 rings (SSSR count). The molecule has 0 atom stereocenters. The Morgan fingerprint density at radius 3 is 2.60 bits per heavy atom. The van der Waals surface area contributed by atoms with Gasteiger partial charge < -0.3 is 10.5 Å². The summed E-state index contributed by atoms with van der Waals surface area (Å²) in [5.74, 6) is -0.772. The SMILES string of the molecule is COc1cnc(C(N)=O)c(C(F)F)c1C. The van der Waals surface area contributed by atoms with E-state index in [0.717, 1.165) is 0 Å². The van der Waals surface area contributed by atoms with E-state index in [0.29, 0.717) is 0 Å². The molecule has 1 amide bonds. The number of rotatable bonds is 3. The van der Waals surface area contributed by atoms with Crippen molar-refractivity contribution >= 4 is 5.91 Å². The largest absolute Gasteiger partial charge is 0.495 e. The predicted molar refractivity (Wildman–Crippen MR) is 49.0 cm³/mol. The van der Waals surface area contributed by atoms with Gasteiger partial charge in [0.2, 0.25) is 0 Å². The van der Waals surface area contributed by atoms with Gasteiger partial charge in [-0.05, 0) is 6.92 Å². The molecule has 0 bridgehead atoms. The number of carbonyl (C=O) groups excluding carboxylic acids is 1. The molecule has 1 aromatic heterocycles. The van der Waals surface area contributed by atoms with Gasteiger partial charge in [0.15, 0.2) is 0 Å². The van der Waals surface area contributed by atoms with Crippen molar-refractivity contribution < 1.29 is 18.3 Å². The van der Waals surface area contributed by atoms with Crippen LogP contribution in [0.1, 0.15) is 28.0 Å². The van der Waals surface area contributed by atoms with Crippen LogP contribution in [0.15, 0.2) is 6.20 Å². The van der Waals surface area contributed by atoms with Gasteiger partial charge in [0.05, 0.1) is 18.9 Å². The Morgan fingerprint density at radius 1 is 1.60 bits per heavy atom. The van der Waals surface area contributed by atoms with Crippen LogP contribution in [0, 0.1) is 6.92 Å². The lowest BCUT2D eigenvalue weighted by atomic mass is 10.1. The molecule has 15 heavy (non-hydrogen) atoms. The van der Waals surface area contributed by atoms with Crippen LogP contribution in [0.2, 0.25) is 0 Å². The standard InChI is InChI=1S/C9H10F2N2O2/c1-4-5(15-2)3-13-7(9(12)14)6(4)8(10)11/h3,8H,1-2H3,(H2,12,14). The van der Waals surface area contributed by atoms with Crippen molar-refractivity contribution in [3.8, 4) is 5.75 Å². The van der Waals surface area contributed by atoms with Gasteiger partial charge in [-0.2, -0.15) is 0 Å². The fourth-order valence-electron chi connectivity index (χ4n) is 1.27. The molecule has 6 heteroatoms.